The standard InChI is InChI=1S/C15H18N2O4/c1-17(11-16-10-12-7-5-4-6-8-12)13(15(19)21-3)9-14(18)20-2/h4-10H,11H2,1-3H3/b13-9+,16-10-. The number of esters is 2. The summed E-state index contributed by atoms with van der Waals surface area (Å²) in [5, 5.41) is 0. The van der Waals surface area contributed by atoms with Crippen LogP contribution in [-0.4, -0.2) is 51.0 Å². The minimum absolute atomic E-state index is 0.0783. The molecule has 0 amide bonds. The van der Waals surface area contributed by atoms with Gasteiger partial charge < -0.3 is 14.4 Å². The average Bonchev–Trinajstić information content (AvgIpc) is 2.52. The summed E-state index contributed by atoms with van der Waals surface area (Å²) in [6.07, 6.45) is 2.76. The summed E-state index contributed by atoms with van der Waals surface area (Å²) in [7, 11) is 4.11. The smallest absolute Gasteiger partial charge is 0.354 e. The normalized spacial score (nSPS) is 11.3. The third kappa shape index (κ3) is 5.48. The number of nitrogens with zero attached hydrogens (tertiary/aromatic N) is 2. The van der Waals surface area contributed by atoms with Gasteiger partial charge in [0.25, 0.3) is 0 Å². The lowest BCUT2D eigenvalue weighted by molar-refractivity contribution is -0.139. The van der Waals surface area contributed by atoms with E-state index in [0.29, 0.717) is 0 Å². The molecule has 0 aliphatic heterocycles. The number of rotatable bonds is 6. The van der Waals surface area contributed by atoms with E-state index >= 15 is 0 Å². The Kier molecular flexibility index (Phi) is 6.67. The topological polar surface area (TPSA) is 68.2 Å². The van der Waals surface area contributed by atoms with Gasteiger partial charge in [-0.1, -0.05) is 30.3 Å². The molecule has 0 heterocycles. The zero-order chi connectivity index (χ0) is 15.7. The van der Waals surface area contributed by atoms with E-state index in [1.165, 1.54) is 19.1 Å². The number of carbonyl (C=O) groups excluding carboxylic acids is 2. The molecule has 112 valence electrons. The molecular formula is C15H18N2O4. The van der Waals surface area contributed by atoms with E-state index in [-0.39, 0.29) is 12.4 Å². The maximum absolute atomic E-state index is 11.6. The van der Waals surface area contributed by atoms with Crippen LogP contribution in [0.5, 0.6) is 0 Å². The van der Waals surface area contributed by atoms with Crippen molar-refractivity contribution in [1.29, 1.82) is 0 Å². The molecule has 0 saturated carbocycles. The molecule has 0 aliphatic carbocycles. The first-order valence-electron chi connectivity index (χ1n) is 6.22. The average molecular weight is 290 g/mol. The van der Waals surface area contributed by atoms with Crippen molar-refractivity contribution < 1.29 is 19.1 Å². The second-order valence-corrected chi connectivity index (χ2v) is 4.11. The molecule has 6 heteroatoms. The molecule has 0 radical (unpaired) electrons. The molecular weight excluding hydrogens is 272 g/mol. The molecule has 0 aromatic heterocycles. The van der Waals surface area contributed by atoms with E-state index < -0.39 is 11.9 Å². The van der Waals surface area contributed by atoms with Crippen LogP contribution in [0.25, 0.3) is 0 Å². The zero-order valence-corrected chi connectivity index (χ0v) is 12.3. The molecule has 0 N–H and O–H groups in total. The van der Waals surface area contributed by atoms with E-state index in [1.807, 2.05) is 30.3 Å². The van der Waals surface area contributed by atoms with Crippen molar-refractivity contribution >= 4 is 18.2 Å². The molecule has 1 aromatic carbocycles. The van der Waals surface area contributed by atoms with E-state index in [9.17, 15) is 9.59 Å². The quantitative estimate of drug-likeness (QED) is 0.448. The summed E-state index contributed by atoms with van der Waals surface area (Å²) in [5.74, 6) is -1.26. The highest BCUT2D eigenvalue weighted by atomic mass is 16.5. The molecule has 1 rings (SSSR count). The minimum Gasteiger partial charge on any atom is -0.466 e. The van der Waals surface area contributed by atoms with E-state index in [2.05, 4.69) is 14.5 Å². The van der Waals surface area contributed by atoms with Gasteiger partial charge in [0.05, 0.1) is 20.3 Å². The van der Waals surface area contributed by atoms with Gasteiger partial charge in [-0.15, -0.1) is 0 Å². The second kappa shape index (κ2) is 8.52. The zero-order valence-electron chi connectivity index (χ0n) is 12.3. The maximum Gasteiger partial charge on any atom is 0.354 e. The van der Waals surface area contributed by atoms with Crippen LogP contribution in [0.4, 0.5) is 0 Å². The van der Waals surface area contributed by atoms with Crippen molar-refractivity contribution in [2.24, 2.45) is 4.99 Å². The van der Waals surface area contributed by atoms with Crippen LogP contribution in [0.15, 0.2) is 47.1 Å². The molecule has 1 aromatic rings. The molecule has 6 nitrogen and oxygen atoms in total. The van der Waals surface area contributed by atoms with Gasteiger partial charge in [-0.2, -0.15) is 0 Å². The van der Waals surface area contributed by atoms with Crippen molar-refractivity contribution in [2.75, 3.05) is 27.9 Å². The van der Waals surface area contributed by atoms with Crippen LogP contribution in [-0.2, 0) is 19.1 Å². The molecule has 0 fully saturated rings. The van der Waals surface area contributed by atoms with Crippen LogP contribution in [0, 0.1) is 0 Å². The van der Waals surface area contributed by atoms with E-state index in [1.54, 1.807) is 13.3 Å². The maximum atomic E-state index is 11.6. The fraction of sp³-hybridized carbons (Fsp3) is 0.267. The van der Waals surface area contributed by atoms with Gasteiger partial charge in [-0.3, -0.25) is 4.99 Å². The molecule has 0 unspecified atom stereocenters. The molecule has 0 spiro atoms. The fourth-order valence-corrected chi connectivity index (χ4v) is 1.48. The predicted octanol–water partition coefficient (Wildman–Crippen LogP) is 1.22. The summed E-state index contributed by atoms with van der Waals surface area (Å²) < 4.78 is 9.15. The molecule has 0 saturated heterocycles. The minimum atomic E-state index is -0.630. The second-order valence-electron chi connectivity index (χ2n) is 4.11. The van der Waals surface area contributed by atoms with Crippen LogP contribution in [0.3, 0.4) is 0 Å². The largest absolute Gasteiger partial charge is 0.466 e. The van der Waals surface area contributed by atoms with Crippen molar-refractivity contribution in [1.82, 2.24) is 4.90 Å². The summed E-state index contributed by atoms with van der Waals surface area (Å²) in [6, 6.07) is 9.55. The third-order valence-corrected chi connectivity index (χ3v) is 2.60. The molecule has 21 heavy (non-hydrogen) atoms. The first kappa shape index (κ1) is 16.4. The summed E-state index contributed by atoms with van der Waals surface area (Å²) in [5.41, 5.74) is 1.03. The Labute approximate surface area is 123 Å². The first-order valence-corrected chi connectivity index (χ1v) is 6.22. The molecule has 0 atom stereocenters. The van der Waals surface area contributed by atoms with Gasteiger partial charge >= 0.3 is 11.9 Å². The van der Waals surface area contributed by atoms with Crippen LogP contribution in [0.2, 0.25) is 0 Å². The fourth-order valence-electron chi connectivity index (χ4n) is 1.48. The van der Waals surface area contributed by atoms with Gasteiger partial charge in [0, 0.05) is 13.3 Å². The summed E-state index contributed by atoms with van der Waals surface area (Å²) >= 11 is 0. The number of likely N-dealkylation sites (N-methyl/N-ethyl adjacent to an activating group) is 1. The van der Waals surface area contributed by atoms with Gasteiger partial charge in [0.1, 0.15) is 12.4 Å². The summed E-state index contributed by atoms with van der Waals surface area (Å²) in [4.78, 5) is 28.6. The highest BCUT2D eigenvalue weighted by molar-refractivity contribution is 5.95. The summed E-state index contributed by atoms with van der Waals surface area (Å²) in [6.45, 7) is 0.201. The number of hydrogen-bond acceptors (Lipinski definition) is 6. The third-order valence-electron chi connectivity index (χ3n) is 2.60. The SMILES string of the molecule is COC(=O)/C=C(\C(=O)OC)N(C)C/N=C\c1ccccc1. The van der Waals surface area contributed by atoms with Crippen molar-refractivity contribution in [2.45, 2.75) is 0 Å². The molecule has 0 bridgehead atoms. The lowest BCUT2D eigenvalue weighted by Gasteiger charge is -2.18. The van der Waals surface area contributed by atoms with Crippen LogP contribution in [0.1, 0.15) is 5.56 Å². The highest BCUT2D eigenvalue weighted by Gasteiger charge is 2.16. The van der Waals surface area contributed by atoms with E-state index in [0.717, 1.165) is 11.6 Å². The Morgan fingerprint density at radius 3 is 2.43 bits per heavy atom. The van der Waals surface area contributed by atoms with Gasteiger partial charge in [-0.05, 0) is 5.56 Å². The first-order chi connectivity index (χ1) is 10.1. The lowest BCUT2D eigenvalue weighted by atomic mass is 10.2. The number of carbonyl (C=O) groups is 2. The van der Waals surface area contributed by atoms with Crippen molar-refractivity contribution in [3.8, 4) is 0 Å². The van der Waals surface area contributed by atoms with Crippen LogP contribution < -0.4 is 0 Å². The number of ether oxygens (including phenoxy) is 2. The Morgan fingerprint density at radius 1 is 1.19 bits per heavy atom. The van der Waals surface area contributed by atoms with E-state index in [4.69, 9.17) is 0 Å². The molecule has 0 aliphatic rings. The Morgan fingerprint density at radius 2 is 1.86 bits per heavy atom. The monoisotopic (exact) mass is 290 g/mol. The predicted molar refractivity (Wildman–Crippen MR) is 78.8 cm³/mol. The van der Waals surface area contributed by atoms with Crippen LogP contribution >= 0.6 is 0 Å². The number of aliphatic imine (C=N–C) groups is 1. The number of methoxy groups -OCH3 is 2. The Bertz CT molecular complexity index is 538. The number of hydrogen-bond donors (Lipinski definition) is 0. The van der Waals surface area contributed by atoms with Gasteiger partial charge in [0.15, 0.2) is 0 Å². The Hall–Kier alpha value is -2.63. The van der Waals surface area contributed by atoms with Crippen molar-refractivity contribution in [3.05, 3.63) is 47.7 Å². The highest BCUT2D eigenvalue weighted by Crippen LogP contribution is 2.05. The van der Waals surface area contributed by atoms with Gasteiger partial charge in [0.2, 0.25) is 0 Å². The van der Waals surface area contributed by atoms with Gasteiger partial charge in [-0.25, -0.2) is 9.59 Å². The lowest BCUT2D eigenvalue weighted by Crippen LogP contribution is -2.26. The number of benzene rings is 1. The Balaban J connectivity index is 2.75. The van der Waals surface area contributed by atoms with Crippen molar-refractivity contribution in [3.63, 3.8) is 0 Å².